The van der Waals surface area contributed by atoms with Crippen LogP contribution < -0.4 is 4.90 Å². The molecule has 2 heterocycles. The summed E-state index contributed by atoms with van der Waals surface area (Å²) >= 11 is 0. The number of β-amino-alcohol motifs (C(OH)–C–C–N with tert-alkyl or cyclic N) is 1. The molecule has 0 radical (unpaired) electrons. The van der Waals surface area contributed by atoms with E-state index in [1.807, 2.05) is 19.9 Å². The molecule has 2 atom stereocenters. The Morgan fingerprint density at radius 3 is 2.42 bits per heavy atom. The fourth-order valence-corrected chi connectivity index (χ4v) is 3.11. The van der Waals surface area contributed by atoms with E-state index >= 15 is 0 Å². The van der Waals surface area contributed by atoms with E-state index in [2.05, 4.69) is 9.97 Å². The second-order valence-corrected chi connectivity index (χ2v) is 6.13. The van der Waals surface area contributed by atoms with E-state index < -0.39 is 17.8 Å². The molecule has 4 nitrogen and oxygen atoms in total. The van der Waals surface area contributed by atoms with Crippen molar-refractivity contribution in [3.8, 4) is 0 Å². The summed E-state index contributed by atoms with van der Waals surface area (Å²) in [5, 5.41) is 10.0. The van der Waals surface area contributed by atoms with E-state index in [-0.39, 0.29) is 6.04 Å². The number of halogens is 3. The molecule has 1 saturated heterocycles. The third kappa shape index (κ3) is 3.36. The van der Waals surface area contributed by atoms with Gasteiger partial charge < -0.3 is 10.0 Å². The standard InChI is InChI=1S/C17H18F3N3O/c1-10-6-11(2)22-16(21-10)23-9-14(24)8-15(23)12-4-3-5-13(7-12)17(18,19)20/h3-7,14-15,24H,8-9H2,1-2H3/t14-,15+/m0/s1. The Kier molecular flexibility index (Phi) is 4.21. The van der Waals surface area contributed by atoms with Gasteiger partial charge in [-0.3, -0.25) is 0 Å². The maximum atomic E-state index is 13.0. The summed E-state index contributed by atoms with van der Waals surface area (Å²) in [6.07, 6.45) is -4.68. The zero-order valence-corrected chi connectivity index (χ0v) is 13.4. The molecule has 2 aromatic rings. The van der Waals surface area contributed by atoms with Crippen LogP contribution >= 0.6 is 0 Å². The number of aryl methyl sites for hydroxylation is 2. The number of aliphatic hydroxyl groups is 1. The lowest BCUT2D eigenvalue weighted by Gasteiger charge is -2.25. The van der Waals surface area contributed by atoms with E-state index in [0.717, 1.165) is 23.5 Å². The van der Waals surface area contributed by atoms with E-state index in [9.17, 15) is 18.3 Å². The van der Waals surface area contributed by atoms with Gasteiger partial charge in [-0.15, -0.1) is 0 Å². The van der Waals surface area contributed by atoms with Crippen molar-refractivity contribution in [3.63, 3.8) is 0 Å². The summed E-state index contributed by atoms with van der Waals surface area (Å²) in [4.78, 5) is 10.5. The van der Waals surface area contributed by atoms with Gasteiger partial charge in [-0.05, 0) is 44.0 Å². The Balaban J connectivity index is 1.99. The molecule has 0 aliphatic carbocycles. The van der Waals surface area contributed by atoms with Gasteiger partial charge in [0, 0.05) is 17.9 Å². The van der Waals surface area contributed by atoms with E-state index in [1.165, 1.54) is 6.07 Å². The van der Waals surface area contributed by atoms with Crippen LogP contribution in [0.25, 0.3) is 0 Å². The molecule has 1 aliphatic rings. The molecule has 128 valence electrons. The normalized spacial score (nSPS) is 21.3. The summed E-state index contributed by atoms with van der Waals surface area (Å²) in [6.45, 7) is 3.97. The Morgan fingerprint density at radius 2 is 1.79 bits per heavy atom. The van der Waals surface area contributed by atoms with Gasteiger partial charge in [-0.25, -0.2) is 9.97 Å². The third-order valence-corrected chi connectivity index (χ3v) is 4.11. The van der Waals surface area contributed by atoms with Crippen molar-refractivity contribution in [2.75, 3.05) is 11.4 Å². The quantitative estimate of drug-likeness (QED) is 0.912. The molecule has 0 bridgehead atoms. The predicted octanol–water partition coefficient (Wildman–Crippen LogP) is 3.42. The average molecular weight is 337 g/mol. The minimum absolute atomic E-state index is 0.295. The summed E-state index contributed by atoms with van der Waals surface area (Å²) in [6, 6.07) is 6.67. The van der Waals surface area contributed by atoms with Crippen molar-refractivity contribution in [2.24, 2.45) is 0 Å². The summed E-state index contributed by atoms with van der Waals surface area (Å²) in [5.41, 5.74) is 1.37. The maximum absolute atomic E-state index is 13.0. The van der Waals surface area contributed by atoms with Crippen LogP contribution in [0.1, 0.15) is 35.0 Å². The van der Waals surface area contributed by atoms with E-state index in [1.54, 1.807) is 11.0 Å². The third-order valence-electron chi connectivity index (χ3n) is 4.11. The zero-order valence-electron chi connectivity index (χ0n) is 13.4. The highest BCUT2D eigenvalue weighted by Crippen LogP contribution is 2.37. The first-order valence-corrected chi connectivity index (χ1v) is 7.68. The van der Waals surface area contributed by atoms with Crippen LogP contribution in [0, 0.1) is 13.8 Å². The number of rotatable bonds is 2. The molecule has 1 N–H and O–H groups in total. The highest BCUT2D eigenvalue weighted by atomic mass is 19.4. The summed E-state index contributed by atoms with van der Waals surface area (Å²) in [5.74, 6) is 0.437. The number of hydrogen-bond donors (Lipinski definition) is 1. The molecule has 0 unspecified atom stereocenters. The van der Waals surface area contributed by atoms with Crippen LogP contribution in [0.5, 0.6) is 0 Å². The predicted molar refractivity (Wildman–Crippen MR) is 83.7 cm³/mol. The zero-order chi connectivity index (χ0) is 17.5. The summed E-state index contributed by atoms with van der Waals surface area (Å²) < 4.78 is 38.9. The van der Waals surface area contributed by atoms with Crippen LogP contribution in [0.3, 0.4) is 0 Å². The first-order chi connectivity index (χ1) is 11.2. The molecular formula is C17H18F3N3O. The van der Waals surface area contributed by atoms with Gasteiger partial charge in [0.25, 0.3) is 0 Å². The van der Waals surface area contributed by atoms with Gasteiger partial charge in [0.05, 0.1) is 17.7 Å². The minimum Gasteiger partial charge on any atom is -0.391 e. The highest BCUT2D eigenvalue weighted by molar-refractivity contribution is 5.41. The maximum Gasteiger partial charge on any atom is 0.416 e. The number of aliphatic hydroxyl groups excluding tert-OH is 1. The van der Waals surface area contributed by atoms with Gasteiger partial charge in [0.1, 0.15) is 0 Å². The second-order valence-electron chi connectivity index (χ2n) is 6.13. The molecule has 1 aliphatic heterocycles. The molecular weight excluding hydrogens is 319 g/mol. The molecule has 1 aromatic carbocycles. The van der Waals surface area contributed by atoms with E-state index in [4.69, 9.17) is 0 Å². The van der Waals surface area contributed by atoms with Crippen molar-refractivity contribution in [3.05, 3.63) is 52.8 Å². The molecule has 7 heteroatoms. The highest BCUT2D eigenvalue weighted by Gasteiger charge is 2.36. The van der Waals surface area contributed by atoms with Crippen molar-refractivity contribution in [1.29, 1.82) is 0 Å². The number of aromatic nitrogens is 2. The van der Waals surface area contributed by atoms with Crippen molar-refractivity contribution < 1.29 is 18.3 Å². The van der Waals surface area contributed by atoms with Crippen molar-refractivity contribution in [1.82, 2.24) is 9.97 Å². The topological polar surface area (TPSA) is 49.2 Å². The summed E-state index contributed by atoms with van der Waals surface area (Å²) in [7, 11) is 0. The van der Waals surface area contributed by atoms with Crippen LogP contribution in [-0.2, 0) is 6.18 Å². The molecule has 0 saturated carbocycles. The van der Waals surface area contributed by atoms with Crippen molar-refractivity contribution in [2.45, 2.75) is 38.6 Å². The van der Waals surface area contributed by atoms with Crippen LogP contribution in [0.2, 0.25) is 0 Å². The number of nitrogens with zero attached hydrogens (tertiary/aromatic N) is 3. The Hall–Kier alpha value is -2.15. The van der Waals surface area contributed by atoms with Gasteiger partial charge >= 0.3 is 6.18 Å². The van der Waals surface area contributed by atoms with Crippen LogP contribution in [-0.4, -0.2) is 27.7 Å². The molecule has 24 heavy (non-hydrogen) atoms. The van der Waals surface area contributed by atoms with Gasteiger partial charge in [-0.1, -0.05) is 12.1 Å². The molecule has 1 aromatic heterocycles. The largest absolute Gasteiger partial charge is 0.416 e. The average Bonchev–Trinajstić information content (AvgIpc) is 2.88. The molecule has 0 spiro atoms. The molecule has 3 rings (SSSR count). The Morgan fingerprint density at radius 1 is 1.12 bits per heavy atom. The number of anilines is 1. The second kappa shape index (κ2) is 6.05. The first kappa shape index (κ1) is 16.7. The molecule has 1 fully saturated rings. The smallest absolute Gasteiger partial charge is 0.391 e. The monoisotopic (exact) mass is 337 g/mol. The minimum atomic E-state index is -4.39. The Labute approximate surface area is 138 Å². The fraction of sp³-hybridized carbons (Fsp3) is 0.412. The Bertz CT molecular complexity index is 728. The first-order valence-electron chi connectivity index (χ1n) is 7.68. The lowest BCUT2D eigenvalue weighted by atomic mass is 10.0. The number of hydrogen-bond acceptors (Lipinski definition) is 4. The number of alkyl halides is 3. The van der Waals surface area contributed by atoms with Gasteiger partial charge in [0.2, 0.25) is 5.95 Å². The van der Waals surface area contributed by atoms with Crippen LogP contribution in [0.15, 0.2) is 30.3 Å². The van der Waals surface area contributed by atoms with Gasteiger partial charge in [0.15, 0.2) is 0 Å². The molecule has 0 amide bonds. The lowest BCUT2D eigenvalue weighted by Crippen LogP contribution is -2.27. The van der Waals surface area contributed by atoms with Gasteiger partial charge in [-0.2, -0.15) is 13.2 Å². The SMILES string of the molecule is Cc1cc(C)nc(N2C[C@@H](O)C[C@@H]2c2cccc(C(F)(F)F)c2)n1. The van der Waals surface area contributed by atoms with Crippen LogP contribution in [0.4, 0.5) is 19.1 Å². The van der Waals surface area contributed by atoms with E-state index in [0.29, 0.717) is 24.5 Å². The van der Waals surface area contributed by atoms with Crippen molar-refractivity contribution >= 4 is 5.95 Å². The lowest BCUT2D eigenvalue weighted by molar-refractivity contribution is -0.137. The number of benzene rings is 1. The fourth-order valence-electron chi connectivity index (χ4n) is 3.11.